The van der Waals surface area contributed by atoms with E-state index in [-0.39, 0.29) is 5.76 Å². The van der Waals surface area contributed by atoms with Crippen LogP contribution < -0.4 is 10.7 Å². The topological polar surface area (TPSA) is 105 Å². The molecule has 4 aromatic rings. The molecule has 166 valence electrons. The number of nitrogens with zero attached hydrogens (tertiary/aromatic N) is 2. The van der Waals surface area contributed by atoms with E-state index in [4.69, 9.17) is 4.42 Å². The summed E-state index contributed by atoms with van der Waals surface area (Å²) in [6.45, 7) is 1.65. The Kier molecular flexibility index (Phi) is 5.18. The fraction of sp³-hybridized carbons (Fsp3) is 0.167. The number of carbonyl (C=O) groups excluding carboxylic acids is 3. The summed E-state index contributed by atoms with van der Waals surface area (Å²) in [5.74, 6) is -0.804. The SMILES string of the molecule is C[C@@]1(CCc2ccccc2)NC(=O)N(NC(=O)c2ccc(-c3nc4ccccc4s3)o2)C1=O. The van der Waals surface area contributed by atoms with Crippen molar-refractivity contribution in [2.45, 2.75) is 25.3 Å². The summed E-state index contributed by atoms with van der Waals surface area (Å²) in [5, 5.41) is 4.04. The van der Waals surface area contributed by atoms with E-state index in [0.29, 0.717) is 28.6 Å². The predicted molar refractivity (Wildman–Crippen MR) is 123 cm³/mol. The van der Waals surface area contributed by atoms with Crippen LogP contribution in [0.4, 0.5) is 4.79 Å². The molecule has 1 saturated heterocycles. The van der Waals surface area contributed by atoms with Crippen LogP contribution in [0.5, 0.6) is 0 Å². The molecule has 2 aromatic carbocycles. The maximum atomic E-state index is 12.9. The number of furan rings is 1. The largest absolute Gasteiger partial charge is 0.448 e. The Labute approximate surface area is 193 Å². The van der Waals surface area contributed by atoms with E-state index in [9.17, 15) is 14.4 Å². The number of thiazole rings is 1. The van der Waals surface area contributed by atoms with Gasteiger partial charge in [-0.1, -0.05) is 42.5 Å². The van der Waals surface area contributed by atoms with Gasteiger partial charge < -0.3 is 9.73 Å². The van der Waals surface area contributed by atoms with E-state index in [2.05, 4.69) is 15.7 Å². The lowest BCUT2D eigenvalue weighted by Gasteiger charge is -2.21. The number of aromatic nitrogens is 1. The lowest BCUT2D eigenvalue weighted by atomic mass is 9.93. The number of para-hydroxylation sites is 1. The Hall–Kier alpha value is -3.98. The van der Waals surface area contributed by atoms with Crippen molar-refractivity contribution in [3.8, 4) is 10.8 Å². The summed E-state index contributed by atoms with van der Waals surface area (Å²) in [7, 11) is 0. The van der Waals surface area contributed by atoms with Crippen LogP contribution in [-0.4, -0.2) is 33.4 Å². The molecule has 1 aliphatic rings. The van der Waals surface area contributed by atoms with Crippen LogP contribution in [-0.2, 0) is 11.2 Å². The highest BCUT2D eigenvalue weighted by atomic mass is 32.1. The van der Waals surface area contributed by atoms with E-state index in [0.717, 1.165) is 15.8 Å². The molecule has 0 unspecified atom stereocenters. The minimum absolute atomic E-state index is 0.0252. The summed E-state index contributed by atoms with van der Waals surface area (Å²) in [5.41, 5.74) is 3.14. The van der Waals surface area contributed by atoms with Gasteiger partial charge >= 0.3 is 11.9 Å². The summed E-state index contributed by atoms with van der Waals surface area (Å²) in [4.78, 5) is 42.6. The zero-order valence-corrected chi connectivity index (χ0v) is 18.5. The van der Waals surface area contributed by atoms with Gasteiger partial charge in [0.2, 0.25) is 0 Å². The number of hydrazine groups is 1. The summed E-state index contributed by atoms with van der Waals surface area (Å²) >= 11 is 1.45. The van der Waals surface area contributed by atoms with Crippen LogP contribution in [0, 0.1) is 0 Å². The van der Waals surface area contributed by atoms with Gasteiger partial charge in [0, 0.05) is 0 Å². The molecule has 33 heavy (non-hydrogen) atoms. The van der Waals surface area contributed by atoms with E-state index >= 15 is 0 Å². The number of aryl methyl sites for hydroxylation is 1. The Balaban J connectivity index is 1.27. The monoisotopic (exact) mass is 460 g/mol. The van der Waals surface area contributed by atoms with Gasteiger partial charge in [-0.25, -0.2) is 15.2 Å². The van der Waals surface area contributed by atoms with Crippen LogP contribution in [0.25, 0.3) is 21.0 Å². The van der Waals surface area contributed by atoms with Crippen molar-refractivity contribution >= 4 is 39.4 Å². The molecule has 1 aliphatic heterocycles. The number of urea groups is 1. The second-order valence-electron chi connectivity index (χ2n) is 7.98. The van der Waals surface area contributed by atoms with Crippen LogP contribution in [0.3, 0.4) is 0 Å². The summed E-state index contributed by atoms with van der Waals surface area (Å²) in [6, 6.07) is 19.8. The number of nitrogens with one attached hydrogen (secondary N) is 2. The lowest BCUT2D eigenvalue weighted by molar-refractivity contribution is -0.132. The molecule has 1 atom stereocenters. The molecule has 8 nitrogen and oxygen atoms in total. The van der Waals surface area contributed by atoms with Crippen LogP contribution >= 0.6 is 11.3 Å². The van der Waals surface area contributed by atoms with Crippen molar-refractivity contribution in [3.05, 3.63) is 78.1 Å². The number of benzene rings is 2. The second kappa shape index (κ2) is 8.18. The first-order valence-electron chi connectivity index (χ1n) is 10.4. The Morgan fingerprint density at radius 2 is 1.85 bits per heavy atom. The van der Waals surface area contributed by atoms with Crippen LogP contribution in [0.1, 0.15) is 29.5 Å². The second-order valence-corrected chi connectivity index (χ2v) is 9.01. The van der Waals surface area contributed by atoms with Gasteiger partial charge in [0.05, 0.1) is 10.2 Å². The maximum absolute atomic E-state index is 12.9. The molecule has 5 rings (SSSR count). The third-order valence-electron chi connectivity index (χ3n) is 5.57. The highest BCUT2D eigenvalue weighted by Gasteiger charge is 2.48. The molecule has 0 aliphatic carbocycles. The molecule has 1 fully saturated rings. The highest BCUT2D eigenvalue weighted by molar-refractivity contribution is 7.21. The van der Waals surface area contributed by atoms with Gasteiger partial charge in [-0.2, -0.15) is 5.01 Å². The molecule has 2 N–H and O–H groups in total. The molecule has 0 saturated carbocycles. The van der Waals surface area contributed by atoms with Gasteiger partial charge in [-0.15, -0.1) is 11.3 Å². The quantitative estimate of drug-likeness (QED) is 0.421. The average molecular weight is 461 g/mol. The number of fused-ring (bicyclic) bond motifs is 1. The zero-order chi connectivity index (χ0) is 23.0. The first-order valence-corrected chi connectivity index (χ1v) is 11.2. The molecule has 3 heterocycles. The molecular weight excluding hydrogens is 440 g/mol. The van der Waals surface area contributed by atoms with Crippen molar-refractivity contribution in [3.63, 3.8) is 0 Å². The fourth-order valence-electron chi connectivity index (χ4n) is 3.70. The minimum Gasteiger partial charge on any atom is -0.448 e. The lowest BCUT2D eigenvalue weighted by Crippen LogP contribution is -2.48. The molecule has 0 bridgehead atoms. The third kappa shape index (κ3) is 3.98. The average Bonchev–Trinajstić information content (AvgIpc) is 3.52. The van der Waals surface area contributed by atoms with Crippen LogP contribution in [0.2, 0.25) is 0 Å². The maximum Gasteiger partial charge on any atom is 0.344 e. The fourth-order valence-corrected chi connectivity index (χ4v) is 4.63. The van der Waals surface area contributed by atoms with Crippen molar-refractivity contribution in [2.75, 3.05) is 0 Å². The number of imide groups is 1. The van der Waals surface area contributed by atoms with Gasteiger partial charge in [-0.05, 0) is 49.6 Å². The molecular formula is C24H20N4O4S. The van der Waals surface area contributed by atoms with E-state index < -0.39 is 23.4 Å². The van der Waals surface area contributed by atoms with Gasteiger partial charge in [0.1, 0.15) is 5.54 Å². The van der Waals surface area contributed by atoms with Crippen molar-refractivity contribution in [1.29, 1.82) is 0 Å². The van der Waals surface area contributed by atoms with Crippen LogP contribution in [0.15, 0.2) is 71.1 Å². The molecule has 9 heteroatoms. The zero-order valence-electron chi connectivity index (χ0n) is 17.7. The number of amides is 4. The number of hydrogen-bond acceptors (Lipinski definition) is 6. The number of carbonyl (C=O) groups is 3. The summed E-state index contributed by atoms with van der Waals surface area (Å²) < 4.78 is 6.67. The Morgan fingerprint density at radius 3 is 2.64 bits per heavy atom. The standard InChI is InChI=1S/C24H20N4O4S/c1-24(14-13-15-7-3-2-4-8-15)22(30)28(23(31)26-24)27-20(29)17-11-12-18(32-17)21-25-16-9-5-6-10-19(16)33-21/h2-12H,13-14H2,1H3,(H,26,31)(H,27,29)/t24-/m0/s1. The van der Waals surface area contributed by atoms with Crippen molar-refractivity contribution in [1.82, 2.24) is 20.7 Å². The van der Waals surface area contributed by atoms with E-state index in [1.54, 1.807) is 13.0 Å². The van der Waals surface area contributed by atoms with Gasteiger partial charge in [-0.3, -0.25) is 9.59 Å². The smallest absolute Gasteiger partial charge is 0.344 e. The summed E-state index contributed by atoms with van der Waals surface area (Å²) in [6.07, 6.45) is 1.01. The Bertz CT molecular complexity index is 1330. The van der Waals surface area contributed by atoms with E-state index in [1.165, 1.54) is 17.4 Å². The number of rotatable bonds is 6. The predicted octanol–water partition coefficient (Wildman–Crippen LogP) is 4.14. The van der Waals surface area contributed by atoms with Crippen molar-refractivity contribution < 1.29 is 18.8 Å². The third-order valence-corrected chi connectivity index (χ3v) is 6.62. The normalized spacial score (nSPS) is 18.0. The minimum atomic E-state index is -1.12. The molecule has 4 amide bonds. The molecule has 0 radical (unpaired) electrons. The first-order chi connectivity index (χ1) is 15.9. The Morgan fingerprint density at radius 1 is 1.09 bits per heavy atom. The van der Waals surface area contributed by atoms with Gasteiger partial charge in [0.25, 0.3) is 5.91 Å². The van der Waals surface area contributed by atoms with E-state index in [1.807, 2.05) is 54.6 Å². The number of hydrogen-bond donors (Lipinski definition) is 2. The highest BCUT2D eigenvalue weighted by Crippen LogP contribution is 2.31. The first kappa shape index (κ1) is 20.9. The molecule has 2 aromatic heterocycles. The molecule has 0 spiro atoms. The van der Waals surface area contributed by atoms with Gasteiger partial charge in [0.15, 0.2) is 16.5 Å². The van der Waals surface area contributed by atoms with Crippen molar-refractivity contribution in [2.24, 2.45) is 0 Å².